The van der Waals surface area contributed by atoms with Gasteiger partial charge in [-0.05, 0) is 41.1 Å². The molecule has 4 nitrogen and oxygen atoms in total. The maximum absolute atomic E-state index is 11.7. The highest BCUT2D eigenvalue weighted by atomic mass is 32.1. The lowest BCUT2D eigenvalue weighted by Crippen LogP contribution is -1.97. The number of fused-ring (bicyclic) bond motifs is 4. The van der Waals surface area contributed by atoms with Crippen molar-refractivity contribution < 1.29 is 9.90 Å². The van der Waals surface area contributed by atoms with E-state index in [4.69, 9.17) is 0 Å². The maximum atomic E-state index is 11.7. The third-order valence-corrected chi connectivity index (χ3v) is 5.71. The van der Waals surface area contributed by atoms with E-state index in [9.17, 15) is 14.7 Å². The number of nitrogens with one attached hydrogen (secondary N) is 1. The lowest BCUT2D eigenvalue weighted by molar-refractivity contribution is 0.0697. The average molecular weight is 345 g/mol. The van der Waals surface area contributed by atoms with Gasteiger partial charge < -0.3 is 10.1 Å². The largest absolute Gasteiger partial charge is 0.478 e. The third kappa shape index (κ3) is 1.99. The first kappa shape index (κ1) is 14.2. The van der Waals surface area contributed by atoms with E-state index in [1.54, 1.807) is 35.6 Å². The number of carboxylic acids is 1. The van der Waals surface area contributed by atoms with Crippen molar-refractivity contribution >= 4 is 59.3 Å². The average Bonchev–Trinajstić information content (AvgIpc) is 2.61. The standard InChI is InChI=1S/C20H11NO3S/c22-11-5-7-14-16(9-11)21-15-3-1-2-13-12-6-4-10(20(23)24)8-17(12)25-19(14)18(13)15/h1-9,21H,(H,23,24). The molecule has 2 aromatic heterocycles. The fourth-order valence-corrected chi connectivity index (χ4v) is 4.71. The van der Waals surface area contributed by atoms with Crippen LogP contribution >= 0.6 is 11.3 Å². The van der Waals surface area contributed by atoms with Gasteiger partial charge in [0.2, 0.25) is 0 Å². The summed E-state index contributed by atoms with van der Waals surface area (Å²) < 4.78 is 1.97. The van der Waals surface area contributed by atoms with Crippen LogP contribution in [0, 0.1) is 0 Å². The third-order valence-electron chi connectivity index (χ3n) is 4.53. The zero-order valence-corrected chi connectivity index (χ0v) is 13.7. The summed E-state index contributed by atoms with van der Waals surface area (Å²) in [4.78, 5) is 26.4. The second-order valence-corrected chi connectivity index (χ2v) is 7.06. The number of H-pyrrole nitrogens is 1. The van der Waals surface area contributed by atoms with Crippen molar-refractivity contribution in [3.8, 4) is 0 Å². The highest BCUT2D eigenvalue weighted by molar-refractivity contribution is 7.25. The minimum atomic E-state index is -0.936. The van der Waals surface area contributed by atoms with E-state index >= 15 is 0 Å². The molecule has 0 bridgehead atoms. The molecule has 0 aliphatic heterocycles. The lowest BCUT2D eigenvalue weighted by Gasteiger charge is -2.12. The molecule has 120 valence electrons. The van der Waals surface area contributed by atoms with Crippen LogP contribution in [0.25, 0.3) is 42.0 Å². The lowest BCUT2D eigenvalue weighted by atomic mass is 10.0. The van der Waals surface area contributed by atoms with E-state index in [-0.39, 0.29) is 11.0 Å². The highest BCUT2D eigenvalue weighted by Crippen LogP contribution is 2.39. The van der Waals surface area contributed by atoms with Crippen LogP contribution in [0.1, 0.15) is 10.4 Å². The number of aromatic amines is 1. The van der Waals surface area contributed by atoms with Gasteiger partial charge in [0.15, 0.2) is 5.43 Å². The van der Waals surface area contributed by atoms with Gasteiger partial charge in [-0.1, -0.05) is 18.2 Å². The van der Waals surface area contributed by atoms with Crippen molar-refractivity contribution in [2.75, 3.05) is 0 Å². The fraction of sp³-hybridized carbons (Fsp3) is 0. The zero-order valence-electron chi connectivity index (χ0n) is 12.9. The molecule has 0 amide bonds. The Morgan fingerprint density at radius 3 is 2.60 bits per heavy atom. The molecule has 0 saturated heterocycles. The predicted molar refractivity (Wildman–Crippen MR) is 102 cm³/mol. The van der Waals surface area contributed by atoms with Crippen molar-refractivity contribution in [1.29, 1.82) is 0 Å². The van der Waals surface area contributed by atoms with Gasteiger partial charge in [0.25, 0.3) is 0 Å². The second kappa shape index (κ2) is 4.91. The molecule has 2 N–H and O–H groups in total. The minimum Gasteiger partial charge on any atom is -0.478 e. The SMILES string of the molecule is O=C(O)c1ccc2c(c1)sc1c3ccc(=O)cc3[nH]c3cccc2c31. The molecule has 3 aromatic carbocycles. The summed E-state index contributed by atoms with van der Waals surface area (Å²) in [5.41, 5.74) is 1.99. The van der Waals surface area contributed by atoms with E-state index in [0.29, 0.717) is 0 Å². The first-order valence-corrected chi connectivity index (χ1v) is 8.58. The molecule has 0 atom stereocenters. The summed E-state index contributed by atoms with van der Waals surface area (Å²) >= 11 is 1.56. The van der Waals surface area contributed by atoms with Crippen LogP contribution in [0.15, 0.2) is 59.4 Å². The number of aromatic carboxylic acids is 1. The molecule has 0 unspecified atom stereocenters. The molecular formula is C20H11NO3S. The number of hydrogen-bond acceptors (Lipinski definition) is 3. The van der Waals surface area contributed by atoms with Crippen molar-refractivity contribution in [3.05, 3.63) is 70.4 Å². The molecule has 0 spiro atoms. The van der Waals surface area contributed by atoms with Crippen LogP contribution in [0.3, 0.4) is 0 Å². The van der Waals surface area contributed by atoms with Gasteiger partial charge >= 0.3 is 5.97 Å². The predicted octanol–water partition coefficient (Wildman–Crippen LogP) is 4.75. The number of pyridine rings is 1. The summed E-state index contributed by atoms with van der Waals surface area (Å²) in [6, 6.07) is 16.2. The van der Waals surface area contributed by atoms with Crippen LogP contribution in [0.2, 0.25) is 0 Å². The van der Waals surface area contributed by atoms with E-state index in [1.807, 2.05) is 30.3 Å². The molecule has 0 aliphatic carbocycles. The van der Waals surface area contributed by atoms with Gasteiger partial charge in [-0.2, -0.15) is 0 Å². The second-order valence-electron chi connectivity index (χ2n) is 6.01. The van der Waals surface area contributed by atoms with E-state index in [2.05, 4.69) is 4.98 Å². The van der Waals surface area contributed by atoms with Crippen molar-refractivity contribution in [2.24, 2.45) is 0 Å². The molecule has 25 heavy (non-hydrogen) atoms. The summed E-state index contributed by atoms with van der Waals surface area (Å²) in [6.45, 7) is 0. The van der Waals surface area contributed by atoms with Gasteiger partial charge in [0, 0.05) is 31.8 Å². The van der Waals surface area contributed by atoms with Gasteiger partial charge in [0.1, 0.15) is 0 Å². The first-order chi connectivity index (χ1) is 12.1. The summed E-state index contributed by atoms with van der Waals surface area (Å²) in [5, 5.41) is 13.5. The van der Waals surface area contributed by atoms with Gasteiger partial charge in [-0.25, -0.2) is 4.79 Å². The Balaban J connectivity index is 2.09. The zero-order chi connectivity index (χ0) is 17.1. The smallest absolute Gasteiger partial charge is 0.335 e. The van der Waals surface area contributed by atoms with E-state index < -0.39 is 5.97 Å². The number of carbonyl (C=O) groups is 1. The normalized spacial score (nSPS) is 11.7. The minimum absolute atomic E-state index is 0.0409. The quantitative estimate of drug-likeness (QED) is 0.340. The molecular weight excluding hydrogens is 334 g/mol. The topological polar surface area (TPSA) is 70.2 Å². The molecule has 0 fully saturated rings. The number of hydrogen-bond donors (Lipinski definition) is 2. The van der Waals surface area contributed by atoms with Crippen molar-refractivity contribution in [1.82, 2.24) is 4.98 Å². The summed E-state index contributed by atoms with van der Waals surface area (Å²) in [7, 11) is 0. The van der Waals surface area contributed by atoms with Gasteiger partial charge in [0.05, 0.1) is 11.1 Å². The van der Waals surface area contributed by atoms with Crippen LogP contribution in [0.5, 0.6) is 0 Å². The Morgan fingerprint density at radius 2 is 1.76 bits per heavy atom. The van der Waals surface area contributed by atoms with Crippen molar-refractivity contribution in [3.63, 3.8) is 0 Å². The Morgan fingerprint density at radius 1 is 0.920 bits per heavy atom. The number of carboxylic acid groups (broad SMARTS) is 1. The Hall–Kier alpha value is -3.18. The van der Waals surface area contributed by atoms with E-state index in [1.165, 1.54) is 0 Å². The Bertz CT molecular complexity index is 1390. The van der Waals surface area contributed by atoms with Crippen LogP contribution in [-0.2, 0) is 0 Å². The number of benzene rings is 3. The number of aromatic nitrogens is 1. The molecule has 0 saturated carbocycles. The van der Waals surface area contributed by atoms with E-state index in [0.717, 1.165) is 42.0 Å². The van der Waals surface area contributed by atoms with Crippen LogP contribution in [-0.4, -0.2) is 16.1 Å². The number of rotatable bonds is 1. The molecule has 0 radical (unpaired) electrons. The molecule has 5 rings (SSSR count). The Kier molecular flexibility index (Phi) is 2.79. The van der Waals surface area contributed by atoms with Crippen LogP contribution in [0.4, 0.5) is 0 Å². The summed E-state index contributed by atoms with van der Waals surface area (Å²) in [5.74, 6) is -0.936. The fourth-order valence-electron chi connectivity index (χ4n) is 3.41. The molecule has 5 aromatic rings. The molecule has 2 heterocycles. The maximum Gasteiger partial charge on any atom is 0.335 e. The molecule has 0 aliphatic rings. The van der Waals surface area contributed by atoms with Gasteiger partial charge in [-0.15, -0.1) is 11.3 Å². The van der Waals surface area contributed by atoms with Crippen LogP contribution < -0.4 is 5.43 Å². The Labute approximate surface area is 145 Å². The molecule has 5 heteroatoms. The monoisotopic (exact) mass is 345 g/mol. The van der Waals surface area contributed by atoms with Crippen molar-refractivity contribution in [2.45, 2.75) is 0 Å². The van der Waals surface area contributed by atoms with Gasteiger partial charge in [-0.3, -0.25) is 4.79 Å². The highest BCUT2D eigenvalue weighted by Gasteiger charge is 2.13. The summed E-state index contributed by atoms with van der Waals surface area (Å²) in [6.07, 6.45) is 0. The first-order valence-electron chi connectivity index (χ1n) is 7.76.